The van der Waals surface area contributed by atoms with Crippen LogP contribution in [0.25, 0.3) is 10.9 Å². The van der Waals surface area contributed by atoms with Gasteiger partial charge < -0.3 is 10.1 Å². The average Bonchev–Trinajstić information content (AvgIpc) is 2.95. The lowest BCUT2D eigenvalue weighted by Crippen LogP contribution is -2.00. The van der Waals surface area contributed by atoms with Gasteiger partial charge in [-0.2, -0.15) is 0 Å². The molecule has 0 bridgehead atoms. The van der Waals surface area contributed by atoms with Crippen molar-refractivity contribution in [1.29, 1.82) is 0 Å². The summed E-state index contributed by atoms with van der Waals surface area (Å²) in [5.74, 6) is 0.0240. The van der Waals surface area contributed by atoms with E-state index in [1.165, 1.54) is 11.1 Å². The Morgan fingerprint density at radius 2 is 2.00 bits per heavy atom. The topological polar surface area (TPSA) is 73.1 Å². The maximum absolute atomic E-state index is 10.0. The number of hydrogen-bond acceptors (Lipinski definition) is 4. The highest BCUT2D eigenvalue weighted by atomic mass is 16.3. The summed E-state index contributed by atoms with van der Waals surface area (Å²) in [6.07, 6.45) is 4.55. The van der Waals surface area contributed by atoms with E-state index in [0.29, 0.717) is 11.4 Å². The van der Waals surface area contributed by atoms with Crippen LogP contribution < -0.4 is 0 Å². The van der Waals surface area contributed by atoms with Crippen LogP contribution >= 0.6 is 0 Å². The number of para-hydroxylation sites is 1. The number of allylic oxidation sites excluding steroid dienone is 1. The molecule has 1 aliphatic heterocycles. The van der Waals surface area contributed by atoms with Crippen LogP contribution in [0.1, 0.15) is 23.6 Å². The first kappa shape index (κ1) is 15.3. The van der Waals surface area contributed by atoms with Crippen molar-refractivity contribution >= 4 is 22.8 Å². The van der Waals surface area contributed by atoms with Crippen molar-refractivity contribution in [3.63, 3.8) is 0 Å². The minimum atomic E-state index is 0.0240. The fourth-order valence-corrected chi connectivity index (χ4v) is 3.00. The number of dihydropyridines is 1. The largest absolute Gasteiger partial charge is 0.493 e. The number of nitrogens with one attached hydrogen (secondary N) is 1. The van der Waals surface area contributed by atoms with Gasteiger partial charge in [0.2, 0.25) is 5.88 Å². The zero-order valence-electron chi connectivity index (χ0n) is 13.8. The summed E-state index contributed by atoms with van der Waals surface area (Å²) in [7, 11) is 0. The van der Waals surface area contributed by atoms with Gasteiger partial charge >= 0.3 is 0 Å². The Kier molecular flexibility index (Phi) is 3.90. The number of aromatic nitrogens is 1. The summed E-state index contributed by atoms with van der Waals surface area (Å²) in [5, 5.41) is 19.3. The number of hydrogen-bond donors (Lipinski definition) is 2. The lowest BCUT2D eigenvalue weighted by atomic mass is 10.0. The lowest BCUT2D eigenvalue weighted by molar-refractivity contribution is 0.459. The normalized spacial score (nSPS) is 17.3. The molecule has 0 amide bonds. The van der Waals surface area contributed by atoms with E-state index in [-0.39, 0.29) is 11.9 Å². The van der Waals surface area contributed by atoms with Crippen molar-refractivity contribution in [2.24, 2.45) is 15.2 Å². The van der Waals surface area contributed by atoms with Crippen molar-refractivity contribution in [1.82, 2.24) is 4.98 Å². The van der Waals surface area contributed by atoms with Gasteiger partial charge in [-0.15, -0.1) is 10.2 Å². The predicted molar refractivity (Wildman–Crippen MR) is 99.6 cm³/mol. The second-order valence-electron chi connectivity index (χ2n) is 6.14. The molecule has 5 heteroatoms. The lowest BCUT2D eigenvalue weighted by Gasteiger charge is -2.14. The Morgan fingerprint density at radius 1 is 1.12 bits per heavy atom. The first-order chi connectivity index (χ1) is 12.2. The van der Waals surface area contributed by atoms with Crippen LogP contribution in [0.15, 0.2) is 75.5 Å². The third-order valence-electron chi connectivity index (χ3n) is 4.29. The first-order valence-electron chi connectivity index (χ1n) is 8.22. The van der Waals surface area contributed by atoms with E-state index >= 15 is 0 Å². The van der Waals surface area contributed by atoms with Gasteiger partial charge in [-0.05, 0) is 25.0 Å². The molecular formula is C20H18N4O. The van der Waals surface area contributed by atoms with Crippen LogP contribution in [0.2, 0.25) is 0 Å². The summed E-state index contributed by atoms with van der Waals surface area (Å²) in [6.45, 7) is 2.08. The minimum absolute atomic E-state index is 0.0240. The predicted octanol–water partition coefficient (Wildman–Crippen LogP) is 5.37. The monoisotopic (exact) mass is 330 g/mol. The Labute approximate surface area is 145 Å². The molecule has 1 aliphatic rings. The van der Waals surface area contributed by atoms with E-state index in [2.05, 4.69) is 51.4 Å². The van der Waals surface area contributed by atoms with E-state index in [4.69, 9.17) is 0 Å². The molecule has 124 valence electrons. The molecule has 0 radical (unpaired) electrons. The molecule has 2 aromatic carbocycles. The number of aromatic hydroxyl groups is 1. The molecule has 2 N–H and O–H groups in total. The number of benzene rings is 2. The molecule has 25 heavy (non-hydrogen) atoms. The molecule has 2 heterocycles. The number of aryl methyl sites for hydroxylation is 1. The number of azo groups is 1. The van der Waals surface area contributed by atoms with Gasteiger partial charge in [0.05, 0.1) is 17.3 Å². The van der Waals surface area contributed by atoms with E-state index in [9.17, 15) is 5.11 Å². The molecule has 1 unspecified atom stereocenters. The summed E-state index contributed by atoms with van der Waals surface area (Å²) >= 11 is 0. The Morgan fingerprint density at radius 3 is 2.80 bits per heavy atom. The summed E-state index contributed by atoms with van der Waals surface area (Å²) < 4.78 is 0. The highest BCUT2D eigenvalue weighted by Gasteiger charge is 2.13. The fourth-order valence-electron chi connectivity index (χ4n) is 3.00. The number of aliphatic imine (C=N–C) groups is 1. The minimum Gasteiger partial charge on any atom is -0.493 e. The summed E-state index contributed by atoms with van der Waals surface area (Å²) in [5.41, 5.74) is 4.42. The van der Waals surface area contributed by atoms with Crippen molar-refractivity contribution in [2.75, 3.05) is 0 Å². The third kappa shape index (κ3) is 3.08. The van der Waals surface area contributed by atoms with Gasteiger partial charge in [0.25, 0.3) is 0 Å². The highest BCUT2D eigenvalue weighted by molar-refractivity contribution is 5.94. The van der Waals surface area contributed by atoms with E-state index in [1.807, 2.05) is 30.3 Å². The van der Waals surface area contributed by atoms with Gasteiger partial charge in [0.15, 0.2) is 5.69 Å². The van der Waals surface area contributed by atoms with Gasteiger partial charge in [-0.3, -0.25) is 4.99 Å². The molecule has 3 aromatic rings. The number of nitrogens with zero attached hydrogens (tertiary/aromatic N) is 3. The van der Waals surface area contributed by atoms with Crippen LogP contribution in [0, 0.1) is 6.92 Å². The maximum Gasteiger partial charge on any atom is 0.218 e. The zero-order valence-corrected chi connectivity index (χ0v) is 13.8. The Balaban J connectivity index is 1.53. The van der Waals surface area contributed by atoms with Crippen LogP contribution in [0.5, 0.6) is 5.88 Å². The number of H-pyrrole nitrogens is 1. The second kappa shape index (κ2) is 6.36. The SMILES string of the molecule is Cc1cccc(C2CC=C(N=Nc3c(O)[nH]c4ccccc34)C=N2)c1. The molecule has 1 atom stereocenters. The molecule has 1 aromatic heterocycles. The zero-order chi connectivity index (χ0) is 17.2. The number of fused-ring (bicyclic) bond motifs is 1. The average molecular weight is 330 g/mol. The number of aromatic amines is 1. The van der Waals surface area contributed by atoms with Crippen LogP contribution in [0.4, 0.5) is 5.69 Å². The molecule has 0 fully saturated rings. The molecular weight excluding hydrogens is 312 g/mol. The Bertz CT molecular complexity index is 1010. The smallest absolute Gasteiger partial charge is 0.218 e. The molecule has 0 spiro atoms. The van der Waals surface area contributed by atoms with Crippen molar-refractivity contribution in [3.8, 4) is 5.88 Å². The molecule has 4 rings (SSSR count). The van der Waals surface area contributed by atoms with Gasteiger partial charge in [-0.25, -0.2) is 0 Å². The van der Waals surface area contributed by atoms with Gasteiger partial charge in [0.1, 0.15) is 0 Å². The van der Waals surface area contributed by atoms with Gasteiger partial charge in [-0.1, -0.05) is 54.1 Å². The van der Waals surface area contributed by atoms with Crippen LogP contribution in [-0.4, -0.2) is 16.3 Å². The van der Waals surface area contributed by atoms with E-state index < -0.39 is 0 Å². The maximum atomic E-state index is 10.0. The van der Waals surface area contributed by atoms with Crippen molar-refractivity contribution in [2.45, 2.75) is 19.4 Å². The fraction of sp³-hybridized carbons (Fsp3) is 0.150. The van der Waals surface area contributed by atoms with Crippen LogP contribution in [-0.2, 0) is 0 Å². The Hall–Kier alpha value is -3.21. The molecule has 5 nitrogen and oxygen atoms in total. The van der Waals surface area contributed by atoms with E-state index in [0.717, 1.165) is 17.3 Å². The highest BCUT2D eigenvalue weighted by Crippen LogP contribution is 2.35. The van der Waals surface area contributed by atoms with Crippen LogP contribution in [0.3, 0.4) is 0 Å². The standard InChI is InChI=1S/C20H18N4O/c1-13-5-4-6-14(11-13)17-10-9-15(12-21-17)23-24-19-16-7-2-3-8-18(16)22-20(19)25/h2-9,11-12,17,22,25H,10H2,1H3. The molecule has 0 aliphatic carbocycles. The molecule has 0 saturated heterocycles. The second-order valence-corrected chi connectivity index (χ2v) is 6.14. The first-order valence-corrected chi connectivity index (χ1v) is 8.22. The molecule has 0 saturated carbocycles. The summed E-state index contributed by atoms with van der Waals surface area (Å²) in [4.78, 5) is 7.49. The van der Waals surface area contributed by atoms with E-state index in [1.54, 1.807) is 6.21 Å². The summed E-state index contributed by atoms with van der Waals surface area (Å²) in [6, 6.07) is 16.1. The van der Waals surface area contributed by atoms with Crippen molar-refractivity contribution in [3.05, 3.63) is 71.4 Å². The van der Waals surface area contributed by atoms with Gasteiger partial charge in [0, 0.05) is 11.6 Å². The number of rotatable bonds is 3. The van der Waals surface area contributed by atoms with Crippen molar-refractivity contribution < 1.29 is 5.11 Å². The quantitative estimate of drug-likeness (QED) is 0.623. The third-order valence-corrected chi connectivity index (χ3v) is 4.29.